The summed E-state index contributed by atoms with van der Waals surface area (Å²) in [5.74, 6) is -0.492. The molecule has 110 valence electrons. The van der Waals surface area contributed by atoms with Crippen LogP contribution in [-0.2, 0) is 4.79 Å². The zero-order valence-corrected chi connectivity index (χ0v) is 12.3. The van der Waals surface area contributed by atoms with E-state index in [-0.39, 0.29) is 18.0 Å². The predicted octanol–water partition coefficient (Wildman–Crippen LogP) is 1.89. The number of amides is 2. The van der Waals surface area contributed by atoms with Crippen LogP contribution in [0.15, 0.2) is 24.3 Å². The molecule has 5 nitrogen and oxygen atoms in total. The molecule has 1 rings (SSSR count). The van der Waals surface area contributed by atoms with Crippen molar-refractivity contribution in [3.8, 4) is 0 Å². The summed E-state index contributed by atoms with van der Waals surface area (Å²) in [5, 5.41) is 6.09. The average molecular weight is 277 g/mol. The number of primary amides is 1. The van der Waals surface area contributed by atoms with E-state index in [4.69, 9.17) is 5.73 Å². The summed E-state index contributed by atoms with van der Waals surface area (Å²) in [5.41, 5.74) is 6.40. The number of nitrogens with one attached hydrogen (secondary N) is 2. The summed E-state index contributed by atoms with van der Waals surface area (Å²) in [4.78, 5) is 23.0. The molecule has 0 aliphatic heterocycles. The van der Waals surface area contributed by atoms with Crippen LogP contribution in [0, 0.1) is 0 Å². The van der Waals surface area contributed by atoms with Crippen LogP contribution in [0.2, 0.25) is 0 Å². The van der Waals surface area contributed by atoms with Gasteiger partial charge in [-0.15, -0.1) is 0 Å². The van der Waals surface area contributed by atoms with Crippen LogP contribution in [0.5, 0.6) is 0 Å². The summed E-state index contributed by atoms with van der Waals surface area (Å²) < 4.78 is 0. The van der Waals surface area contributed by atoms with Gasteiger partial charge >= 0.3 is 0 Å². The maximum atomic E-state index is 12.0. The van der Waals surface area contributed by atoms with Gasteiger partial charge in [-0.2, -0.15) is 0 Å². The topological polar surface area (TPSA) is 84.2 Å². The van der Waals surface area contributed by atoms with Gasteiger partial charge in [-0.25, -0.2) is 0 Å². The first kappa shape index (κ1) is 16.0. The Morgan fingerprint density at radius 3 is 2.15 bits per heavy atom. The molecule has 1 aromatic rings. The largest absolute Gasteiger partial charge is 0.374 e. The molecule has 0 aliphatic carbocycles. The van der Waals surface area contributed by atoms with E-state index in [2.05, 4.69) is 24.5 Å². The van der Waals surface area contributed by atoms with E-state index in [1.54, 1.807) is 31.2 Å². The molecular formula is C15H23N3O2. The molecule has 0 aromatic heterocycles. The highest BCUT2D eigenvalue weighted by atomic mass is 16.2. The van der Waals surface area contributed by atoms with Crippen molar-refractivity contribution in [2.24, 2.45) is 5.73 Å². The zero-order chi connectivity index (χ0) is 15.1. The van der Waals surface area contributed by atoms with E-state index in [9.17, 15) is 9.59 Å². The molecule has 5 heteroatoms. The molecular weight excluding hydrogens is 254 g/mol. The third-order valence-corrected chi connectivity index (χ3v) is 3.28. The first-order valence-corrected chi connectivity index (χ1v) is 6.94. The molecule has 0 fully saturated rings. The van der Waals surface area contributed by atoms with E-state index in [1.807, 2.05) is 0 Å². The Balaban J connectivity index is 2.58. The number of nitrogens with two attached hydrogens (primary N) is 1. The summed E-state index contributed by atoms with van der Waals surface area (Å²) >= 11 is 0. The van der Waals surface area contributed by atoms with E-state index in [1.165, 1.54) is 0 Å². The highest BCUT2D eigenvalue weighted by Gasteiger charge is 2.15. The Bertz CT molecular complexity index is 453. The summed E-state index contributed by atoms with van der Waals surface area (Å²) in [7, 11) is 0. The lowest BCUT2D eigenvalue weighted by Gasteiger charge is -2.20. The fourth-order valence-corrected chi connectivity index (χ4v) is 1.87. The highest BCUT2D eigenvalue weighted by molar-refractivity contribution is 5.93. The standard InChI is InChI=1S/C15H23N3O2/c1-4-12(5-2)18-15(20)10(3)17-13-8-6-11(7-9-13)14(16)19/h6-10,12,17H,4-5H2,1-3H3,(H2,16,19)(H,18,20). The van der Waals surface area contributed by atoms with Gasteiger partial charge in [-0.3, -0.25) is 9.59 Å². The number of carbonyl (C=O) groups is 2. The molecule has 0 saturated heterocycles. The van der Waals surface area contributed by atoms with Crippen LogP contribution in [-0.4, -0.2) is 23.9 Å². The van der Waals surface area contributed by atoms with Gasteiger partial charge in [-0.05, 0) is 44.0 Å². The molecule has 1 aromatic carbocycles. The lowest BCUT2D eigenvalue weighted by Crippen LogP contribution is -2.42. The second kappa shape index (κ2) is 7.53. The van der Waals surface area contributed by atoms with E-state index in [0.717, 1.165) is 18.5 Å². The lowest BCUT2D eigenvalue weighted by molar-refractivity contribution is -0.122. The molecule has 0 spiro atoms. The maximum Gasteiger partial charge on any atom is 0.248 e. The van der Waals surface area contributed by atoms with Gasteiger partial charge in [0.2, 0.25) is 11.8 Å². The van der Waals surface area contributed by atoms with E-state index in [0.29, 0.717) is 5.56 Å². The zero-order valence-electron chi connectivity index (χ0n) is 12.3. The smallest absolute Gasteiger partial charge is 0.248 e. The predicted molar refractivity (Wildman–Crippen MR) is 80.6 cm³/mol. The molecule has 0 saturated carbocycles. The van der Waals surface area contributed by atoms with Gasteiger partial charge in [0.15, 0.2) is 0 Å². The fourth-order valence-electron chi connectivity index (χ4n) is 1.87. The highest BCUT2D eigenvalue weighted by Crippen LogP contribution is 2.10. The van der Waals surface area contributed by atoms with Crippen LogP contribution in [0.4, 0.5) is 5.69 Å². The second-order valence-electron chi connectivity index (χ2n) is 4.83. The van der Waals surface area contributed by atoms with Crippen LogP contribution in [0.25, 0.3) is 0 Å². The van der Waals surface area contributed by atoms with Crippen molar-refractivity contribution in [1.29, 1.82) is 0 Å². The van der Waals surface area contributed by atoms with Crippen LogP contribution < -0.4 is 16.4 Å². The summed E-state index contributed by atoms with van der Waals surface area (Å²) in [6, 6.07) is 6.62. The minimum absolute atomic E-state index is 0.0299. The Morgan fingerprint density at radius 1 is 1.15 bits per heavy atom. The molecule has 0 bridgehead atoms. The second-order valence-corrected chi connectivity index (χ2v) is 4.83. The molecule has 2 amide bonds. The minimum atomic E-state index is -0.462. The van der Waals surface area contributed by atoms with Gasteiger partial charge in [0, 0.05) is 17.3 Å². The SMILES string of the molecule is CCC(CC)NC(=O)C(C)Nc1ccc(C(N)=O)cc1. The van der Waals surface area contributed by atoms with Gasteiger partial charge in [-0.1, -0.05) is 13.8 Å². The summed E-state index contributed by atoms with van der Waals surface area (Å²) in [6.45, 7) is 5.91. The van der Waals surface area contributed by atoms with Crippen molar-refractivity contribution in [2.45, 2.75) is 45.7 Å². The minimum Gasteiger partial charge on any atom is -0.374 e. The molecule has 1 unspecified atom stereocenters. The van der Waals surface area contributed by atoms with Gasteiger partial charge in [0.25, 0.3) is 0 Å². The Kier molecular flexibility index (Phi) is 6.03. The molecule has 0 aliphatic rings. The van der Waals surface area contributed by atoms with Gasteiger partial charge < -0.3 is 16.4 Å². The Hall–Kier alpha value is -2.04. The van der Waals surface area contributed by atoms with Crippen LogP contribution >= 0.6 is 0 Å². The first-order chi connectivity index (χ1) is 9.47. The third kappa shape index (κ3) is 4.57. The Morgan fingerprint density at radius 2 is 1.70 bits per heavy atom. The molecule has 0 heterocycles. The van der Waals surface area contributed by atoms with Crippen LogP contribution in [0.3, 0.4) is 0 Å². The number of rotatable bonds is 7. The average Bonchev–Trinajstić information content (AvgIpc) is 2.44. The summed E-state index contributed by atoms with van der Waals surface area (Å²) in [6.07, 6.45) is 1.84. The van der Waals surface area contributed by atoms with Crippen molar-refractivity contribution in [1.82, 2.24) is 5.32 Å². The number of hydrogen-bond acceptors (Lipinski definition) is 3. The fraction of sp³-hybridized carbons (Fsp3) is 0.467. The third-order valence-electron chi connectivity index (χ3n) is 3.28. The molecule has 1 atom stereocenters. The maximum absolute atomic E-state index is 12.0. The molecule has 4 N–H and O–H groups in total. The number of hydrogen-bond donors (Lipinski definition) is 3. The van der Waals surface area contributed by atoms with Crippen molar-refractivity contribution in [3.05, 3.63) is 29.8 Å². The van der Waals surface area contributed by atoms with Crippen molar-refractivity contribution in [3.63, 3.8) is 0 Å². The van der Waals surface area contributed by atoms with E-state index < -0.39 is 5.91 Å². The first-order valence-electron chi connectivity index (χ1n) is 6.94. The van der Waals surface area contributed by atoms with Gasteiger partial charge in [0.05, 0.1) is 0 Å². The number of benzene rings is 1. The van der Waals surface area contributed by atoms with Crippen molar-refractivity contribution in [2.75, 3.05) is 5.32 Å². The van der Waals surface area contributed by atoms with Crippen molar-refractivity contribution < 1.29 is 9.59 Å². The molecule has 20 heavy (non-hydrogen) atoms. The van der Waals surface area contributed by atoms with Crippen LogP contribution in [0.1, 0.15) is 44.0 Å². The van der Waals surface area contributed by atoms with Gasteiger partial charge in [0.1, 0.15) is 6.04 Å². The Labute approximate surface area is 119 Å². The van der Waals surface area contributed by atoms with Crippen molar-refractivity contribution >= 4 is 17.5 Å². The molecule has 0 radical (unpaired) electrons. The number of carbonyl (C=O) groups excluding carboxylic acids is 2. The van der Waals surface area contributed by atoms with E-state index >= 15 is 0 Å². The lowest BCUT2D eigenvalue weighted by atomic mass is 10.1. The number of anilines is 1. The quantitative estimate of drug-likeness (QED) is 0.711. The normalized spacial score (nSPS) is 12.0. The monoisotopic (exact) mass is 277 g/mol.